The Hall–Kier alpha value is -2.82. The number of esters is 2. The monoisotopic (exact) mass is 300 g/mol. The number of hydrogen-bond donors (Lipinski definition) is 0. The lowest BCUT2D eigenvalue weighted by atomic mass is 10.2. The molecule has 0 bridgehead atoms. The molecule has 0 saturated carbocycles. The van der Waals surface area contributed by atoms with E-state index in [0.29, 0.717) is 17.1 Å². The maximum atomic E-state index is 11.1. The Balaban J connectivity index is 2.20. The fraction of sp³-hybridized carbons (Fsp3) is 0.176. The van der Waals surface area contributed by atoms with Crippen LogP contribution in [0.1, 0.15) is 25.7 Å². The lowest BCUT2D eigenvalue weighted by molar-refractivity contribution is -0.186. The summed E-state index contributed by atoms with van der Waals surface area (Å²) < 4.78 is 15.7. The van der Waals surface area contributed by atoms with Gasteiger partial charge in [-0.25, -0.2) is 0 Å². The van der Waals surface area contributed by atoms with Crippen molar-refractivity contribution in [3.63, 3.8) is 0 Å². The molecule has 0 heterocycles. The number of hydrogen-bond acceptors (Lipinski definition) is 5. The third-order valence-corrected chi connectivity index (χ3v) is 2.66. The molecule has 0 radical (unpaired) electrons. The maximum absolute atomic E-state index is 11.1. The van der Waals surface area contributed by atoms with Crippen LogP contribution < -0.4 is 4.74 Å². The third kappa shape index (κ3) is 4.63. The summed E-state index contributed by atoms with van der Waals surface area (Å²) in [7, 11) is 0. The van der Waals surface area contributed by atoms with Gasteiger partial charge in [0.1, 0.15) is 11.5 Å². The number of ether oxygens (including phenoxy) is 3. The van der Waals surface area contributed by atoms with Gasteiger partial charge in [-0.1, -0.05) is 30.3 Å². The summed E-state index contributed by atoms with van der Waals surface area (Å²) in [6.45, 7) is 2.50. The molecule has 0 aliphatic rings. The predicted molar refractivity (Wildman–Crippen MR) is 79.2 cm³/mol. The van der Waals surface area contributed by atoms with E-state index in [9.17, 15) is 9.59 Å². The number of benzene rings is 2. The zero-order chi connectivity index (χ0) is 15.9. The standard InChI is InChI=1S/C17H16O5/c1-12(18)20-17(21-13(2)19)14-7-6-10-16(11-14)22-15-8-4-3-5-9-15/h3-11,17H,1-2H3. The molecule has 0 atom stereocenters. The van der Waals surface area contributed by atoms with E-state index in [1.165, 1.54) is 13.8 Å². The average molecular weight is 300 g/mol. The van der Waals surface area contributed by atoms with Gasteiger partial charge in [0.2, 0.25) is 0 Å². The Morgan fingerprint density at radius 2 is 1.41 bits per heavy atom. The first-order valence-electron chi connectivity index (χ1n) is 6.72. The summed E-state index contributed by atoms with van der Waals surface area (Å²) in [5.74, 6) is 0.144. The van der Waals surface area contributed by atoms with E-state index >= 15 is 0 Å². The molecule has 0 spiro atoms. The first kappa shape index (κ1) is 15.6. The number of carbonyl (C=O) groups is 2. The molecular formula is C17H16O5. The van der Waals surface area contributed by atoms with Gasteiger partial charge in [0, 0.05) is 19.4 Å². The minimum Gasteiger partial charge on any atom is -0.457 e. The highest BCUT2D eigenvalue weighted by Gasteiger charge is 2.18. The van der Waals surface area contributed by atoms with Gasteiger partial charge in [-0.15, -0.1) is 0 Å². The van der Waals surface area contributed by atoms with E-state index in [-0.39, 0.29) is 0 Å². The Morgan fingerprint density at radius 1 is 0.818 bits per heavy atom. The summed E-state index contributed by atoms with van der Waals surface area (Å²) in [5.41, 5.74) is 0.513. The van der Waals surface area contributed by atoms with Crippen molar-refractivity contribution in [1.29, 1.82) is 0 Å². The number of para-hydroxylation sites is 1. The third-order valence-electron chi connectivity index (χ3n) is 2.66. The molecule has 0 fully saturated rings. The van der Waals surface area contributed by atoms with Crippen LogP contribution in [-0.4, -0.2) is 11.9 Å². The molecule has 5 heteroatoms. The summed E-state index contributed by atoms with van der Waals surface area (Å²) in [5, 5.41) is 0. The first-order chi connectivity index (χ1) is 10.5. The van der Waals surface area contributed by atoms with Gasteiger partial charge < -0.3 is 14.2 Å². The lowest BCUT2D eigenvalue weighted by Gasteiger charge is -2.17. The summed E-state index contributed by atoms with van der Waals surface area (Å²) in [6, 6.07) is 16.1. The molecule has 22 heavy (non-hydrogen) atoms. The van der Waals surface area contributed by atoms with Gasteiger partial charge in [0.15, 0.2) is 0 Å². The van der Waals surface area contributed by atoms with Crippen LogP contribution >= 0.6 is 0 Å². The zero-order valence-electron chi connectivity index (χ0n) is 12.3. The molecule has 5 nitrogen and oxygen atoms in total. The van der Waals surface area contributed by atoms with Gasteiger partial charge in [0.05, 0.1) is 0 Å². The van der Waals surface area contributed by atoms with Gasteiger partial charge >= 0.3 is 11.9 Å². The normalized spacial score (nSPS) is 10.1. The number of carbonyl (C=O) groups excluding carboxylic acids is 2. The van der Waals surface area contributed by atoms with Gasteiger partial charge in [-0.05, 0) is 24.3 Å². The molecule has 0 aliphatic heterocycles. The second-order valence-corrected chi connectivity index (χ2v) is 4.54. The van der Waals surface area contributed by atoms with Crippen molar-refractivity contribution in [2.45, 2.75) is 20.1 Å². The van der Waals surface area contributed by atoms with E-state index in [2.05, 4.69) is 0 Å². The van der Waals surface area contributed by atoms with Crippen molar-refractivity contribution in [2.75, 3.05) is 0 Å². The van der Waals surface area contributed by atoms with Crippen molar-refractivity contribution in [3.05, 3.63) is 60.2 Å². The predicted octanol–water partition coefficient (Wildman–Crippen LogP) is 3.60. The second-order valence-electron chi connectivity index (χ2n) is 4.54. The average Bonchev–Trinajstić information content (AvgIpc) is 2.47. The van der Waals surface area contributed by atoms with Crippen molar-refractivity contribution in [3.8, 4) is 11.5 Å². The van der Waals surface area contributed by atoms with Gasteiger partial charge in [0.25, 0.3) is 6.29 Å². The van der Waals surface area contributed by atoms with Crippen molar-refractivity contribution >= 4 is 11.9 Å². The van der Waals surface area contributed by atoms with Crippen molar-refractivity contribution in [1.82, 2.24) is 0 Å². The second kappa shape index (κ2) is 7.26. The van der Waals surface area contributed by atoms with E-state index in [4.69, 9.17) is 14.2 Å². The quantitative estimate of drug-likeness (QED) is 0.623. The Labute approximate surface area is 128 Å². The van der Waals surface area contributed by atoms with Crippen LogP contribution in [0, 0.1) is 0 Å². The molecule has 2 aromatic carbocycles. The van der Waals surface area contributed by atoms with Crippen LogP contribution in [0.2, 0.25) is 0 Å². The summed E-state index contributed by atoms with van der Waals surface area (Å²) >= 11 is 0. The highest BCUT2D eigenvalue weighted by Crippen LogP contribution is 2.26. The van der Waals surface area contributed by atoms with E-state index in [1.807, 2.05) is 30.3 Å². The van der Waals surface area contributed by atoms with Crippen LogP contribution in [-0.2, 0) is 19.1 Å². The Morgan fingerprint density at radius 3 is 2.00 bits per heavy atom. The molecule has 114 valence electrons. The minimum absolute atomic E-state index is 0.513. The van der Waals surface area contributed by atoms with E-state index in [1.54, 1.807) is 24.3 Å². The van der Waals surface area contributed by atoms with Crippen LogP contribution in [0.5, 0.6) is 11.5 Å². The maximum Gasteiger partial charge on any atom is 0.305 e. The van der Waals surface area contributed by atoms with Gasteiger partial charge in [-0.3, -0.25) is 9.59 Å². The SMILES string of the molecule is CC(=O)OC(OC(C)=O)c1cccc(Oc2ccccc2)c1. The fourth-order valence-electron chi connectivity index (χ4n) is 1.81. The molecule has 0 N–H and O–H groups in total. The minimum atomic E-state index is -1.09. The highest BCUT2D eigenvalue weighted by atomic mass is 16.7. The molecule has 2 rings (SSSR count). The fourth-order valence-corrected chi connectivity index (χ4v) is 1.81. The molecule has 0 unspecified atom stereocenters. The largest absolute Gasteiger partial charge is 0.457 e. The molecule has 2 aromatic rings. The highest BCUT2D eigenvalue weighted by molar-refractivity contribution is 5.68. The van der Waals surface area contributed by atoms with E-state index < -0.39 is 18.2 Å². The first-order valence-corrected chi connectivity index (χ1v) is 6.72. The van der Waals surface area contributed by atoms with Crippen molar-refractivity contribution in [2.24, 2.45) is 0 Å². The van der Waals surface area contributed by atoms with Crippen LogP contribution in [0.15, 0.2) is 54.6 Å². The van der Waals surface area contributed by atoms with Crippen LogP contribution in [0.25, 0.3) is 0 Å². The topological polar surface area (TPSA) is 61.8 Å². The molecule has 0 aromatic heterocycles. The lowest BCUT2D eigenvalue weighted by Crippen LogP contribution is -2.14. The molecule has 0 aliphatic carbocycles. The smallest absolute Gasteiger partial charge is 0.305 e. The van der Waals surface area contributed by atoms with E-state index in [0.717, 1.165) is 0 Å². The number of rotatable bonds is 5. The van der Waals surface area contributed by atoms with Crippen LogP contribution in [0.3, 0.4) is 0 Å². The Bertz CT molecular complexity index is 635. The van der Waals surface area contributed by atoms with Crippen LogP contribution in [0.4, 0.5) is 0 Å². The molecule has 0 saturated heterocycles. The molecule has 0 amide bonds. The molecular weight excluding hydrogens is 284 g/mol. The van der Waals surface area contributed by atoms with Gasteiger partial charge in [-0.2, -0.15) is 0 Å². The Kier molecular flexibility index (Phi) is 5.14. The summed E-state index contributed by atoms with van der Waals surface area (Å²) in [6.07, 6.45) is -1.09. The zero-order valence-corrected chi connectivity index (χ0v) is 12.3. The summed E-state index contributed by atoms with van der Waals surface area (Å²) in [4.78, 5) is 22.3. The van der Waals surface area contributed by atoms with Crippen molar-refractivity contribution < 1.29 is 23.8 Å².